The highest BCUT2D eigenvalue weighted by atomic mass is 16.6. The van der Waals surface area contributed by atoms with Crippen LogP contribution >= 0.6 is 0 Å². The van der Waals surface area contributed by atoms with Crippen LogP contribution in [0.25, 0.3) is 11.2 Å². The van der Waals surface area contributed by atoms with Crippen LogP contribution in [0.2, 0.25) is 0 Å². The summed E-state index contributed by atoms with van der Waals surface area (Å²) < 4.78 is 40.0. The number of anilines is 1. The molecule has 0 radical (unpaired) electrons. The first-order valence-corrected chi connectivity index (χ1v) is 16.8. The Labute approximate surface area is 286 Å². The van der Waals surface area contributed by atoms with Crippen molar-refractivity contribution < 1.29 is 43.4 Å². The number of nitrogens with zero attached hydrogens (tertiary/aromatic N) is 5. The van der Waals surface area contributed by atoms with Crippen molar-refractivity contribution in [3.8, 4) is 6.01 Å². The Morgan fingerprint density at radius 1 is 0.796 bits per heavy atom. The topological polar surface area (TPSA) is 211 Å². The van der Waals surface area contributed by atoms with Gasteiger partial charge in [-0.05, 0) is 18.1 Å². The normalized spacial score (nSPS) is 11.7. The molecule has 3 aromatic rings. The van der Waals surface area contributed by atoms with Gasteiger partial charge in [0.05, 0.1) is 111 Å². The molecule has 0 aliphatic heterocycles. The van der Waals surface area contributed by atoms with Gasteiger partial charge in [0.1, 0.15) is 5.52 Å². The predicted octanol–water partition coefficient (Wildman–Crippen LogP) is 0.210. The third kappa shape index (κ3) is 15.9. The Balaban J connectivity index is 1.51. The van der Waals surface area contributed by atoms with Crippen molar-refractivity contribution in [2.75, 3.05) is 118 Å². The molecule has 0 aliphatic rings. The number of aliphatic hydroxyl groups excluding tert-OH is 2. The molecule has 0 saturated heterocycles. The van der Waals surface area contributed by atoms with E-state index in [2.05, 4.69) is 31.8 Å². The van der Waals surface area contributed by atoms with E-state index in [0.717, 1.165) is 24.1 Å². The lowest BCUT2D eigenvalue weighted by atomic mass is 10.2. The average molecular weight is 696 g/mol. The molecule has 17 nitrogen and oxygen atoms in total. The first-order valence-electron chi connectivity index (χ1n) is 16.8. The van der Waals surface area contributed by atoms with Gasteiger partial charge in [-0.2, -0.15) is 9.97 Å². The fraction of sp³-hybridized carbons (Fsp3) is 0.688. The molecule has 17 heteroatoms. The lowest BCUT2D eigenvalue weighted by molar-refractivity contribution is -0.00278. The lowest BCUT2D eigenvalue weighted by Crippen LogP contribution is -2.31. The molecule has 0 spiro atoms. The molecule has 5 N–H and O–H groups in total. The number of rotatable bonds is 30. The Kier molecular flexibility index (Phi) is 20.3. The van der Waals surface area contributed by atoms with Gasteiger partial charge in [0.2, 0.25) is 0 Å². The van der Waals surface area contributed by atoms with Crippen molar-refractivity contribution >= 4 is 17.0 Å². The minimum Gasteiger partial charge on any atom is -0.463 e. The number of pyridine rings is 1. The van der Waals surface area contributed by atoms with Crippen LogP contribution in [0.5, 0.6) is 6.01 Å². The van der Waals surface area contributed by atoms with Crippen molar-refractivity contribution in [3.63, 3.8) is 0 Å². The highest BCUT2D eigenvalue weighted by molar-refractivity contribution is 5.81. The summed E-state index contributed by atoms with van der Waals surface area (Å²) in [6.45, 7) is 9.78. The van der Waals surface area contributed by atoms with Crippen molar-refractivity contribution in [2.24, 2.45) is 0 Å². The van der Waals surface area contributed by atoms with Gasteiger partial charge in [0.15, 0.2) is 11.5 Å². The zero-order valence-electron chi connectivity index (χ0n) is 28.6. The fourth-order valence-electron chi connectivity index (χ4n) is 4.47. The van der Waals surface area contributed by atoms with Gasteiger partial charge < -0.3 is 54.1 Å². The van der Waals surface area contributed by atoms with Gasteiger partial charge in [0.25, 0.3) is 0 Å². The molecule has 0 atom stereocenters. The Hall–Kier alpha value is -3.26. The fourth-order valence-corrected chi connectivity index (χ4v) is 4.47. The van der Waals surface area contributed by atoms with E-state index in [4.69, 9.17) is 49.1 Å². The van der Waals surface area contributed by atoms with Crippen LogP contribution in [0.1, 0.15) is 31.0 Å². The Bertz CT molecular complexity index is 1320. The summed E-state index contributed by atoms with van der Waals surface area (Å²) in [6, 6.07) is 4.01. The second-order valence-electron chi connectivity index (χ2n) is 10.9. The first kappa shape index (κ1) is 40.2. The number of fused-ring (bicyclic) bond motifs is 1. The summed E-state index contributed by atoms with van der Waals surface area (Å²) >= 11 is 0. The van der Waals surface area contributed by atoms with E-state index in [1.54, 1.807) is 6.20 Å². The van der Waals surface area contributed by atoms with Gasteiger partial charge in [-0.1, -0.05) is 19.4 Å². The molecular weight excluding hydrogens is 642 g/mol. The quantitative estimate of drug-likeness (QED) is 0.0687. The second kappa shape index (κ2) is 24.8. The summed E-state index contributed by atoms with van der Waals surface area (Å²) in [7, 11) is 0. The van der Waals surface area contributed by atoms with Crippen molar-refractivity contribution in [1.29, 1.82) is 0 Å². The number of unbranched alkanes of at least 4 members (excludes halogenated alkanes) is 1. The van der Waals surface area contributed by atoms with Gasteiger partial charge in [0, 0.05) is 25.8 Å². The number of aromatic nitrogens is 5. The van der Waals surface area contributed by atoms with E-state index in [1.165, 1.54) is 4.57 Å². The minimum absolute atomic E-state index is 0.00603. The van der Waals surface area contributed by atoms with Crippen LogP contribution in [-0.2, 0) is 41.5 Å². The zero-order chi connectivity index (χ0) is 34.9. The first-order chi connectivity index (χ1) is 24.0. The van der Waals surface area contributed by atoms with Crippen LogP contribution in [0.4, 0.5) is 5.82 Å². The minimum atomic E-state index is -0.349. The zero-order valence-corrected chi connectivity index (χ0v) is 28.6. The Morgan fingerprint density at radius 2 is 1.37 bits per heavy atom. The summed E-state index contributed by atoms with van der Waals surface area (Å²) in [5.74, 6) is 0.154. The maximum Gasteiger partial charge on any atom is 0.328 e. The van der Waals surface area contributed by atoms with Crippen LogP contribution in [0, 0.1) is 0 Å². The SMILES string of the molecule is CCCCOc1nc(N)c2[nH]c(=O)n(Cc3ccc(CN(CCOCCOCCOCCO)CCOCCOCCOCCO)nc3)c2n1. The average Bonchev–Trinajstić information content (AvgIpc) is 3.41. The van der Waals surface area contributed by atoms with Gasteiger partial charge in [-0.15, -0.1) is 0 Å². The number of aromatic amines is 1. The lowest BCUT2D eigenvalue weighted by Gasteiger charge is -2.22. The van der Waals surface area contributed by atoms with E-state index < -0.39 is 0 Å². The molecule has 0 aliphatic carbocycles. The third-order valence-electron chi connectivity index (χ3n) is 7.03. The molecule has 0 saturated carbocycles. The largest absolute Gasteiger partial charge is 0.463 e. The molecular formula is C32H53N7O10. The highest BCUT2D eigenvalue weighted by Gasteiger charge is 2.15. The molecule has 276 valence electrons. The summed E-state index contributed by atoms with van der Waals surface area (Å²) in [5, 5.41) is 17.5. The van der Waals surface area contributed by atoms with E-state index in [9.17, 15) is 4.79 Å². The molecule has 0 amide bonds. The second-order valence-corrected chi connectivity index (χ2v) is 10.9. The predicted molar refractivity (Wildman–Crippen MR) is 181 cm³/mol. The van der Waals surface area contributed by atoms with Gasteiger partial charge in [-0.25, -0.2) is 4.79 Å². The molecule has 0 unspecified atom stereocenters. The van der Waals surface area contributed by atoms with Crippen molar-refractivity contribution in [3.05, 3.63) is 40.1 Å². The van der Waals surface area contributed by atoms with Crippen LogP contribution < -0.4 is 16.2 Å². The van der Waals surface area contributed by atoms with E-state index in [-0.39, 0.29) is 37.3 Å². The number of aliphatic hydroxyl groups is 2. The van der Waals surface area contributed by atoms with Crippen LogP contribution in [-0.4, -0.2) is 152 Å². The maximum atomic E-state index is 12.8. The van der Waals surface area contributed by atoms with Crippen molar-refractivity contribution in [2.45, 2.75) is 32.9 Å². The molecule has 0 aromatic carbocycles. The van der Waals surface area contributed by atoms with Gasteiger partial charge >= 0.3 is 11.7 Å². The molecule has 0 fully saturated rings. The maximum absolute atomic E-state index is 12.8. The number of nitrogens with two attached hydrogens (primary N) is 1. The monoisotopic (exact) mass is 695 g/mol. The standard InChI is InChI=1S/C32H53N7O10/c1-2-3-10-49-31-36-29(33)28-30(37-31)39(32(42)35-28)24-26-4-5-27(34-23-26)25-38(6-11-43-15-19-47-21-17-45-13-8-40)7-12-44-16-20-48-22-18-46-14-9-41/h4-5,23,40-41H,2-3,6-22,24-25H2,1H3,(H,35,42)(H2,33,36,37). The van der Waals surface area contributed by atoms with Crippen LogP contribution in [0.15, 0.2) is 23.1 Å². The number of hydrogen-bond donors (Lipinski definition) is 4. The van der Waals surface area contributed by atoms with E-state index in [1.807, 2.05) is 12.1 Å². The number of hydrogen-bond acceptors (Lipinski definition) is 15. The highest BCUT2D eigenvalue weighted by Crippen LogP contribution is 2.19. The molecule has 3 aromatic heterocycles. The number of ether oxygens (including phenoxy) is 7. The summed E-state index contributed by atoms with van der Waals surface area (Å²) in [5.41, 5.74) is 8.16. The van der Waals surface area contributed by atoms with Crippen molar-refractivity contribution in [1.82, 2.24) is 29.4 Å². The van der Waals surface area contributed by atoms with E-state index in [0.29, 0.717) is 117 Å². The van der Waals surface area contributed by atoms with Crippen LogP contribution in [0.3, 0.4) is 0 Å². The number of nitrogens with one attached hydrogen (secondary N) is 1. The molecule has 3 heterocycles. The van der Waals surface area contributed by atoms with Gasteiger partial charge in [-0.3, -0.25) is 14.5 Å². The summed E-state index contributed by atoms with van der Waals surface area (Å²) in [4.78, 5) is 31.0. The number of H-pyrrole nitrogens is 1. The summed E-state index contributed by atoms with van der Waals surface area (Å²) in [6.07, 6.45) is 3.57. The smallest absolute Gasteiger partial charge is 0.328 e. The Morgan fingerprint density at radius 3 is 1.90 bits per heavy atom. The molecule has 3 rings (SSSR count). The molecule has 0 bridgehead atoms. The third-order valence-corrected chi connectivity index (χ3v) is 7.03. The number of imidazole rings is 1. The number of nitrogen functional groups attached to an aromatic ring is 1. The van der Waals surface area contributed by atoms with E-state index >= 15 is 0 Å². The molecule has 49 heavy (non-hydrogen) atoms.